The molecule has 15 heteroatoms. The second kappa shape index (κ2) is 13.3. The topological polar surface area (TPSA) is 104 Å². The number of halogens is 5. The number of thiazole rings is 1. The molecule has 0 amide bonds. The lowest BCUT2D eigenvalue weighted by atomic mass is 10.1. The van der Waals surface area contributed by atoms with Crippen molar-refractivity contribution in [1.82, 2.24) is 19.9 Å². The summed E-state index contributed by atoms with van der Waals surface area (Å²) in [5.74, 6) is -1.77. The molecule has 43 heavy (non-hydrogen) atoms. The van der Waals surface area contributed by atoms with Crippen molar-refractivity contribution in [2.75, 3.05) is 36.5 Å². The fraction of sp³-hybridized carbons (Fsp3) is 0.500. The van der Waals surface area contributed by atoms with Crippen LogP contribution in [0.5, 0.6) is 0 Å². The van der Waals surface area contributed by atoms with Crippen LogP contribution < -0.4 is 10.2 Å². The second-order valence-corrected chi connectivity index (χ2v) is 12.1. The lowest BCUT2D eigenvalue weighted by molar-refractivity contribution is -0.144. The first-order valence-corrected chi connectivity index (χ1v) is 15.2. The molecule has 0 bridgehead atoms. The molecule has 1 aromatic carbocycles. The zero-order valence-corrected chi connectivity index (χ0v) is 24.9. The van der Waals surface area contributed by atoms with Gasteiger partial charge in [-0.15, -0.1) is 0 Å². The van der Waals surface area contributed by atoms with E-state index in [1.807, 2.05) is 0 Å². The minimum Gasteiger partial charge on any atom is -0.480 e. The second-order valence-electron chi connectivity index (χ2n) is 10.6. The van der Waals surface area contributed by atoms with Gasteiger partial charge in [0.25, 0.3) is 0 Å². The lowest BCUT2D eigenvalue weighted by Gasteiger charge is -2.32. The molecule has 1 atom stereocenters. The number of ether oxygens (including phenoxy) is 1. The van der Waals surface area contributed by atoms with Gasteiger partial charge in [-0.25, -0.2) is 19.7 Å². The van der Waals surface area contributed by atoms with Crippen molar-refractivity contribution >= 4 is 45.7 Å². The van der Waals surface area contributed by atoms with Crippen LogP contribution in [0.1, 0.15) is 49.5 Å². The maximum atomic E-state index is 15.7. The molecule has 0 spiro atoms. The Bertz CT molecular complexity index is 1450. The van der Waals surface area contributed by atoms with E-state index in [0.717, 1.165) is 42.8 Å². The Hall–Kier alpha value is -3.07. The zero-order chi connectivity index (χ0) is 30.7. The van der Waals surface area contributed by atoms with E-state index in [9.17, 15) is 18.0 Å². The van der Waals surface area contributed by atoms with Crippen LogP contribution in [0, 0.1) is 5.82 Å². The van der Waals surface area contributed by atoms with Crippen molar-refractivity contribution in [3.63, 3.8) is 0 Å². The van der Waals surface area contributed by atoms with Crippen molar-refractivity contribution in [1.29, 1.82) is 0 Å². The minimum absolute atomic E-state index is 0.0606. The molecular formula is C28H31ClF4N6O3S. The van der Waals surface area contributed by atoms with Gasteiger partial charge >= 0.3 is 12.1 Å². The highest BCUT2D eigenvalue weighted by molar-refractivity contribution is 7.16. The van der Waals surface area contributed by atoms with Crippen LogP contribution in [0.4, 0.5) is 34.3 Å². The highest BCUT2D eigenvalue weighted by Gasteiger charge is 2.32. The van der Waals surface area contributed by atoms with Crippen LogP contribution in [-0.2, 0) is 22.3 Å². The van der Waals surface area contributed by atoms with Crippen molar-refractivity contribution in [3.8, 4) is 11.3 Å². The van der Waals surface area contributed by atoms with Crippen LogP contribution in [0.25, 0.3) is 11.3 Å². The summed E-state index contributed by atoms with van der Waals surface area (Å²) < 4.78 is 61.9. The fourth-order valence-electron chi connectivity index (χ4n) is 5.57. The van der Waals surface area contributed by atoms with Crippen molar-refractivity contribution in [2.24, 2.45) is 0 Å². The van der Waals surface area contributed by atoms with E-state index in [1.54, 1.807) is 4.90 Å². The number of aromatic nitrogens is 3. The highest BCUT2D eigenvalue weighted by atomic mass is 35.5. The first kappa shape index (κ1) is 31.4. The number of hydrogen-bond acceptors (Lipinski definition) is 9. The van der Waals surface area contributed by atoms with Gasteiger partial charge in [0.1, 0.15) is 12.9 Å². The number of nitrogens with zero attached hydrogens (tertiary/aromatic N) is 5. The Morgan fingerprint density at radius 3 is 2.65 bits per heavy atom. The number of nitrogens with one attached hydrogen (secondary N) is 1. The molecule has 2 aromatic heterocycles. The Balaban J connectivity index is 1.41. The van der Waals surface area contributed by atoms with Gasteiger partial charge < -0.3 is 20.1 Å². The van der Waals surface area contributed by atoms with Gasteiger partial charge in [0, 0.05) is 41.1 Å². The molecule has 2 aliphatic rings. The Kier molecular flexibility index (Phi) is 9.69. The molecular weight excluding hydrogens is 612 g/mol. The quantitative estimate of drug-likeness (QED) is 0.237. The number of anilines is 3. The Morgan fingerprint density at radius 1 is 1.19 bits per heavy atom. The van der Waals surface area contributed by atoms with Gasteiger partial charge in [-0.2, -0.15) is 17.6 Å². The van der Waals surface area contributed by atoms with Gasteiger partial charge in [-0.05, 0) is 56.8 Å². The molecule has 5 rings (SSSR count). The number of carboxylic acids is 1. The van der Waals surface area contributed by atoms with Crippen molar-refractivity contribution in [2.45, 2.75) is 63.9 Å². The smallest absolute Gasteiger partial charge is 0.416 e. The van der Waals surface area contributed by atoms with Gasteiger partial charge in [0.2, 0.25) is 5.82 Å². The van der Waals surface area contributed by atoms with Crippen molar-refractivity contribution < 1.29 is 32.2 Å². The van der Waals surface area contributed by atoms with E-state index in [4.69, 9.17) is 21.4 Å². The third kappa shape index (κ3) is 7.54. The molecule has 4 heterocycles. The number of rotatable bonds is 10. The Labute approximate surface area is 254 Å². The maximum Gasteiger partial charge on any atom is 0.416 e. The molecule has 2 fully saturated rings. The van der Waals surface area contributed by atoms with E-state index in [2.05, 4.69) is 32.1 Å². The number of alkyl halides is 3. The molecule has 2 aliphatic heterocycles. The molecule has 0 saturated carbocycles. The summed E-state index contributed by atoms with van der Waals surface area (Å²) in [5, 5.41) is 12.0. The average Bonchev–Trinajstić information content (AvgIpc) is 3.59. The van der Waals surface area contributed by atoms with E-state index >= 15 is 4.39 Å². The SMILES string of the molecule is CC[C@@H]1CCCN1Cc1sc(Nc2ncnc(N3CCC(OCC(=O)O)CC3)c2F)nc1-c1cc(Cl)cc(C(F)(F)F)c1. The van der Waals surface area contributed by atoms with Gasteiger partial charge in [-0.3, -0.25) is 4.90 Å². The summed E-state index contributed by atoms with van der Waals surface area (Å²) in [6, 6.07) is 3.72. The predicted molar refractivity (Wildman–Crippen MR) is 155 cm³/mol. The predicted octanol–water partition coefficient (Wildman–Crippen LogP) is 6.60. The maximum absolute atomic E-state index is 15.7. The van der Waals surface area contributed by atoms with Crippen molar-refractivity contribution in [3.05, 3.63) is 45.8 Å². The van der Waals surface area contributed by atoms with E-state index in [1.165, 1.54) is 23.7 Å². The highest BCUT2D eigenvalue weighted by Crippen LogP contribution is 2.40. The first-order valence-electron chi connectivity index (χ1n) is 14.0. The summed E-state index contributed by atoms with van der Waals surface area (Å²) in [7, 11) is 0. The van der Waals surface area contributed by atoms with Gasteiger partial charge in [-0.1, -0.05) is 29.9 Å². The largest absolute Gasteiger partial charge is 0.480 e. The minimum atomic E-state index is -4.59. The van der Waals surface area contributed by atoms with Crippen LogP contribution in [0.2, 0.25) is 5.02 Å². The molecule has 0 unspecified atom stereocenters. The van der Waals surface area contributed by atoms with Crippen LogP contribution in [-0.4, -0.2) is 69.3 Å². The molecule has 2 saturated heterocycles. The summed E-state index contributed by atoms with van der Waals surface area (Å²) in [6.07, 6.45) is 0.443. The summed E-state index contributed by atoms with van der Waals surface area (Å²) in [4.78, 5) is 28.3. The molecule has 3 aromatic rings. The summed E-state index contributed by atoms with van der Waals surface area (Å²) >= 11 is 7.34. The number of aliphatic carboxylic acids is 1. The fourth-order valence-corrected chi connectivity index (χ4v) is 6.81. The van der Waals surface area contributed by atoms with Gasteiger partial charge in [0.05, 0.1) is 17.4 Å². The summed E-state index contributed by atoms with van der Waals surface area (Å²) in [6.45, 7) is 3.89. The molecule has 2 N–H and O–H groups in total. The van der Waals surface area contributed by atoms with E-state index < -0.39 is 23.5 Å². The Morgan fingerprint density at radius 2 is 1.95 bits per heavy atom. The van der Waals surface area contributed by atoms with Crippen LogP contribution in [0.3, 0.4) is 0 Å². The number of benzene rings is 1. The van der Waals surface area contributed by atoms with Crippen LogP contribution in [0.15, 0.2) is 24.5 Å². The first-order chi connectivity index (χ1) is 20.5. The van der Waals surface area contributed by atoms with Gasteiger partial charge in [0.15, 0.2) is 16.8 Å². The number of carbonyl (C=O) groups is 1. The molecule has 0 aliphatic carbocycles. The molecule has 0 radical (unpaired) electrons. The van der Waals surface area contributed by atoms with E-state index in [-0.39, 0.29) is 40.1 Å². The number of piperidine rings is 1. The monoisotopic (exact) mass is 642 g/mol. The standard InChI is InChI=1S/C28H31ClF4N6O3S/c1-2-19-4-3-7-39(19)13-21-24(16-10-17(28(31,32)33)12-18(29)11-16)36-27(43-21)37-25-23(30)26(35-15-34-25)38-8-5-20(6-9-38)42-14-22(40)41/h10-12,15,19-20H,2-9,13-14H2,1H3,(H,40,41)(H,34,35,36,37)/t19-/m1/s1. The normalized spacial score (nSPS) is 18.4. The average molecular weight is 643 g/mol. The third-order valence-corrected chi connectivity index (χ3v) is 8.87. The number of hydrogen-bond donors (Lipinski definition) is 2. The summed E-state index contributed by atoms with van der Waals surface area (Å²) in [5.41, 5.74) is -0.303. The molecule has 9 nitrogen and oxygen atoms in total. The zero-order valence-electron chi connectivity index (χ0n) is 23.3. The number of carboxylic acid groups (broad SMARTS) is 1. The third-order valence-electron chi connectivity index (χ3n) is 7.69. The van der Waals surface area contributed by atoms with E-state index in [0.29, 0.717) is 44.2 Å². The van der Waals surface area contributed by atoms with Crippen LogP contribution >= 0.6 is 22.9 Å². The lowest BCUT2D eigenvalue weighted by Crippen LogP contribution is -2.38. The molecule has 232 valence electrons. The number of likely N-dealkylation sites (tertiary alicyclic amines) is 1.